The van der Waals surface area contributed by atoms with Gasteiger partial charge in [0.2, 0.25) is 0 Å². The van der Waals surface area contributed by atoms with E-state index in [-0.39, 0.29) is 5.71 Å². The van der Waals surface area contributed by atoms with E-state index in [0.29, 0.717) is 0 Å². The van der Waals surface area contributed by atoms with E-state index in [4.69, 9.17) is 5.53 Å². The van der Waals surface area contributed by atoms with Crippen LogP contribution in [0.25, 0.3) is 5.53 Å². The Morgan fingerprint density at radius 2 is 2.30 bits per heavy atom. The van der Waals surface area contributed by atoms with E-state index in [1.54, 1.807) is 0 Å². The quantitative estimate of drug-likeness (QED) is 0.362. The van der Waals surface area contributed by atoms with E-state index in [9.17, 15) is 8.78 Å². The van der Waals surface area contributed by atoms with Crippen molar-refractivity contribution in [2.75, 3.05) is 0 Å². The molecule has 0 aromatic rings. The number of alkyl halides is 1. The van der Waals surface area contributed by atoms with Crippen LogP contribution < -0.4 is 0 Å². The van der Waals surface area contributed by atoms with Crippen molar-refractivity contribution in [3.05, 3.63) is 29.6 Å². The summed E-state index contributed by atoms with van der Waals surface area (Å²) < 4.78 is 24.7. The van der Waals surface area contributed by atoms with Gasteiger partial charge in [-0.05, 0) is 6.08 Å². The van der Waals surface area contributed by atoms with Crippen LogP contribution in [0.15, 0.2) is 24.1 Å². The number of hydrogen-bond donors (Lipinski definition) is 0. The first kappa shape index (κ1) is 6.83. The van der Waals surface area contributed by atoms with Crippen molar-refractivity contribution in [3.63, 3.8) is 0 Å². The molecule has 0 heterocycles. The lowest BCUT2D eigenvalue weighted by molar-refractivity contribution is -0.0120. The minimum absolute atomic E-state index is 0.306. The molecule has 1 aliphatic carbocycles. The lowest BCUT2D eigenvalue weighted by atomic mass is 10.1. The summed E-state index contributed by atoms with van der Waals surface area (Å²) in [4.78, 5) is 2.55. The molecule has 0 aromatic carbocycles. The number of allylic oxidation sites excluding steroid dienone is 4. The van der Waals surface area contributed by atoms with E-state index < -0.39 is 12.0 Å². The Morgan fingerprint density at radius 1 is 1.60 bits per heavy atom. The maximum Gasteiger partial charge on any atom is 0.332 e. The molecule has 4 heteroatoms. The smallest absolute Gasteiger partial charge is 0.332 e. The van der Waals surface area contributed by atoms with Crippen molar-refractivity contribution in [3.8, 4) is 0 Å². The molecule has 1 atom stereocenters. The second-order valence-electron chi connectivity index (χ2n) is 1.80. The molecule has 0 bridgehead atoms. The van der Waals surface area contributed by atoms with Crippen LogP contribution in [-0.2, 0) is 0 Å². The Hall–Kier alpha value is -1.28. The molecule has 0 spiro atoms. The molecule has 0 aliphatic heterocycles. The summed E-state index contributed by atoms with van der Waals surface area (Å²) in [6, 6.07) is 0. The van der Waals surface area contributed by atoms with Crippen LogP contribution in [0.3, 0.4) is 0 Å². The molecule has 2 nitrogen and oxygen atoms in total. The highest BCUT2D eigenvalue weighted by Crippen LogP contribution is 2.13. The third-order valence-electron chi connectivity index (χ3n) is 1.14. The van der Waals surface area contributed by atoms with Gasteiger partial charge in [0.15, 0.2) is 0 Å². The van der Waals surface area contributed by atoms with Gasteiger partial charge in [-0.3, -0.25) is 0 Å². The number of rotatable bonds is 0. The first-order chi connectivity index (χ1) is 4.75. The van der Waals surface area contributed by atoms with Crippen LogP contribution in [-0.4, -0.2) is 16.7 Å². The molecule has 1 unspecified atom stereocenters. The van der Waals surface area contributed by atoms with Crippen LogP contribution in [0.4, 0.5) is 8.78 Å². The largest absolute Gasteiger partial charge is 0.361 e. The fourth-order valence-corrected chi connectivity index (χ4v) is 0.633. The second kappa shape index (κ2) is 2.54. The standard InChI is InChI=1S/C6H4F2N2/c7-4-2-1-3-5(10-9)6(4)8/h1-3,6H. The molecule has 0 saturated carbocycles. The molecule has 0 N–H and O–H groups in total. The predicted octanol–water partition coefficient (Wildman–Crippen LogP) is 1.42. The average Bonchev–Trinajstić information content (AvgIpc) is 1.95. The van der Waals surface area contributed by atoms with E-state index in [2.05, 4.69) is 4.79 Å². The molecular formula is C6H4F2N2. The van der Waals surface area contributed by atoms with Crippen LogP contribution in [0.5, 0.6) is 0 Å². The summed E-state index contributed by atoms with van der Waals surface area (Å²) in [5.74, 6) is -0.935. The first-order valence-corrected chi connectivity index (χ1v) is 2.65. The van der Waals surface area contributed by atoms with E-state index in [1.165, 1.54) is 12.2 Å². The maximum absolute atomic E-state index is 12.5. The van der Waals surface area contributed by atoms with Crippen molar-refractivity contribution in [1.82, 2.24) is 0 Å². The van der Waals surface area contributed by atoms with Crippen molar-refractivity contribution in [1.29, 1.82) is 0 Å². The fourth-order valence-electron chi connectivity index (χ4n) is 0.633. The molecule has 0 saturated heterocycles. The van der Waals surface area contributed by atoms with Gasteiger partial charge >= 0.3 is 5.71 Å². The summed E-state index contributed by atoms with van der Waals surface area (Å²) in [6.45, 7) is 0. The molecule has 10 heavy (non-hydrogen) atoms. The predicted molar refractivity (Wildman–Crippen MR) is 31.9 cm³/mol. The van der Waals surface area contributed by atoms with Crippen LogP contribution in [0, 0.1) is 0 Å². The zero-order chi connectivity index (χ0) is 7.56. The highest BCUT2D eigenvalue weighted by atomic mass is 19.2. The molecule has 1 rings (SSSR count). The van der Waals surface area contributed by atoms with Crippen LogP contribution in [0.2, 0.25) is 0 Å². The van der Waals surface area contributed by atoms with Crippen molar-refractivity contribution >= 4 is 5.71 Å². The van der Waals surface area contributed by atoms with Gasteiger partial charge in [-0.2, -0.15) is 4.79 Å². The molecule has 52 valence electrons. The Balaban J connectivity index is 3.00. The SMILES string of the molecule is [N-]=[N+]=C1C=CC=C(F)C1F. The highest BCUT2D eigenvalue weighted by molar-refractivity contribution is 5.97. The Kier molecular flexibility index (Phi) is 1.73. The molecule has 0 amide bonds. The second-order valence-corrected chi connectivity index (χ2v) is 1.80. The Morgan fingerprint density at radius 3 is 2.80 bits per heavy atom. The fraction of sp³-hybridized carbons (Fsp3) is 0.167. The zero-order valence-corrected chi connectivity index (χ0v) is 4.96. The van der Waals surface area contributed by atoms with E-state index in [0.717, 1.165) is 6.08 Å². The van der Waals surface area contributed by atoms with Gasteiger partial charge in [0.1, 0.15) is 5.83 Å². The Labute approximate surface area is 56.1 Å². The zero-order valence-electron chi connectivity index (χ0n) is 4.96. The topological polar surface area (TPSA) is 36.4 Å². The molecule has 0 radical (unpaired) electrons. The summed E-state index contributed by atoms with van der Waals surface area (Å²) in [5.41, 5.74) is 7.78. The summed E-state index contributed by atoms with van der Waals surface area (Å²) >= 11 is 0. The number of halogens is 2. The van der Waals surface area contributed by atoms with Crippen LogP contribution >= 0.6 is 0 Å². The third-order valence-corrected chi connectivity index (χ3v) is 1.14. The molecule has 1 aliphatic rings. The molecule has 0 fully saturated rings. The van der Waals surface area contributed by atoms with Gasteiger partial charge in [0.05, 0.1) is 0 Å². The van der Waals surface area contributed by atoms with Gasteiger partial charge in [-0.1, -0.05) is 6.08 Å². The normalized spacial score (nSPS) is 24.0. The van der Waals surface area contributed by atoms with Gasteiger partial charge in [-0.15, -0.1) is 0 Å². The Bertz CT molecular complexity index is 248. The van der Waals surface area contributed by atoms with E-state index >= 15 is 0 Å². The van der Waals surface area contributed by atoms with E-state index in [1.807, 2.05) is 0 Å². The number of hydrogen-bond acceptors (Lipinski definition) is 0. The van der Waals surface area contributed by atoms with Crippen molar-refractivity contribution < 1.29 is 13.6 Å². The van der Waals surface area contributed by atoms with Crippen LogP contribution in [0.1, 0.15) is 0 Å². The lowest BCUT2D eigenvalue weighted by Crippen LogP contribution is -2.17. The summed E-state index contributed by atoms with van der Waals surface area (Å²) in [6.07, 6.45) is 1.56. The summed E-state index contributed by atoms with van der Waals surface area (Å²) in [7, 11) is 0. The van der Waals surface area contributed by atoms with Gasteiger partial charge in [-0.25, -0.2) is 8.78 Å². The minimum Gasteiger partial charge on any atom is -0.361 e. The van der Waals surface area contributed by atoms with Gasteiger partial charge < -0.3 is 5.53 Å². The summed E-state index contributed by atoms with van der Waals surface area (Å²) in [5, 5.41) is 0. The first-order valence-electron chi connectivity index (χ1n) is 2.65. The average molecular weight is 142 g/mol. The lowest BCUT2D eigenvalue weighted by Gasteiger charge is -1.99. The highest BCUT2D eigenvalue weighted by Gasteiger charge is 2.26. The van der Waals surface area contributed by atoms with Gasteiger partial charge in [0, 0.05) is 6.08 Å². The van der Waals surface area contributed by atoms with Crippen molar-refractivity contribution in [2.45, 2.75) is 6.17 Å². The maximum atomic E-state index is 12.5. The number of nitrogens with zero attached hydrogens (tertiary/aromatic N) is 2. The van der Waals surface area contributed by atoms with Gasteiger partial charge in [0.25, 0.3) is 6.17 Å². The third kappa shape index (κ3) is 1.01. The monoisotopic (exact) mass is 142 g/mol. The van der Waals surface area contributed by atoms with Crippen molar-refractivity contribution in [2.24, 2.45) is 0 Å². The molecular weight excluding hydrogens is 138 g/mol. The minimum atomic E-state index is -1.91. The molecule has 0 aromatic heterocycles.